The topological polar surface area (TPSA) is 93.5 Å². The Balaban J connectivity index is 1.84. The van der Waals surface area contributed by atoms with Gasteiger partial charge in [0.1, 0.15) is 10.8 Å². The minimum Gasteiger partial charge on any atom is -0.497 e. The Kier molecular flexibility index (Phi) is 5.97. The summed E-state index contributed by atoms with van der Waals surface area (Å²) >= 11 is 5.72. The van der Waals surface area contributed by atoms with Crippen LogP contribution in [0.2, 0.25) is 5.02 Å². The van der Waals surface area contributed by atoms with Crippen LogP contribution < -0.4 is 15.4 Å². The van der Waals surface area contributed by atoms with E-state index in [1.807, 2.05) is 24.3 Å². The van der Waals surface area contributed by atoms with Gasteiger partial charge in [0, 0.05) is 18.3 Å². The average Bonchev–Trinajstić information content (AvgIpc) is 2.57. The molecule has 2 aromatic carbocycles. The molecular formula is C16H16ClN3O4. The predicted molar refractivity (Wildman–Crippen MR) is 91.8 cm³/mol. The van der Waals surface area contributed by atoms with E-state index in [1.54, 1.807) is 7.11 Å². The molecule has 0 aliphatic carbocycles. The number of nitro groups is 1. The molecule has 0 fully saturated rings. The Hall–Kier alpha value is -2.80. The summed E-state index contributed by atoms with van der Waals surface area (Å²) < 4.78 is 5.08. The average molecular weight is 350 g/mol. The molecule has 24 heavy (non-hydrogen) atoms. The number of halogens is 1. The number of rotatable bonds is 6. The van der Waals surface area contributed by atoms with Gasteiger partial charge in [-0.1, -0.05) is 23.7 Å². The van der Waals surface area contributed by atoms with Gasteiger partial charge in [-0.15, -0.1) is 0 Å². The fraction of sp³-hybridized carbons (Fsp3) is 0.188. The Morgan fingerprint density at radius 2 is 1.96 bits per heavy atom. The van der Waals surface area contributed by atoms with Crippen molar-refractivity contribution in [3.05, 3.63) is 63.2 Å². The van der Waals surface area contributed by atoms with E-state index in [4.69, 9.17) is 16.3 Å². The SMILES string of the molecule is COc1ccc(CCNC(=O)Nc2ccc(Cl)c([N+](=O)[O-])c2)cc1. The molecule has 0 unspecified atom stereocenters. The Bertz CT molecular complexity index is 735. The summed E-state index contributed by atoms with van der Waals surface area (Å²) in [7, 11) is 1.60. The highest BCUT2D eigenvalue weighted by Gasteiger charge is 2.13. The third-order valence-electron chi connectivity index (χ3n) is 3.26. The zero-order valence-corrected chi connectivity index (χ0v) is 13.7. The number of hydrogen-bond acceptors (Lipinski definition) is 4. The van der Waals surface area contributed by atoms with Crippen LogP contribution in [0.3, 0.4) is 0 Å². The minimum absolute atomic E-state index is 0.0189. The van der Waals surface area contributed by atoms with Crippen molar-refractivity contribution in [1.82, 2.24) is 5.32 Å². The van der Waals surface area contributed by atoms with E-state index in [9.17, 15) is 14.9 Å². The lowest BCUT2D eigenvalue weighted by molar-refractivity contribution is -0.384. The van der Waals surface area contributed by atoms with Crippen molar-refractivity contribution >= 4 is 29.0 Å². The largest absolute Gasteiger partial charge is 0.497 e. The highest BCUT2D eigenvalue weighted by molar-refractivity contribution is 6.32. The standard InChI is InChI=1S/C16H16ClN3O4/c1-24-13-5-2-11(3-6-13)8-9-18-16(21)19-12-4-7-14(17)15(10-12)20(22)23/h2-7,10H,8-9H2,1H3,(H2,18,19,21). The number of nitro benzene ring substituents is 1. The lowest BCUT2D eigenvalue weighted by atomic mass is 10.1. The van der Waals surface area contributed by atoms with Crippen LogP contribution in [0.4, 0.5) is 16.2 Å². The van der Waals surface area contributed by atoms with Gasteiger partial charge in [0.15, 0.2) is 0 Å². The molecule has 0 aliphatic rings. The van der Waals surface area contributed by atoms with Gasteiger partial charge in [0.2, 0.25) is 0 Å². The first-order valence-corrected chi connectivity index (χ1v) is 7.49. The second kappa shape index (κ2) is 8.16. The van der Waals surface area contributed by atoms with E-state index in [2.05, 4.69) is 10.6 Å². The van der Waals surface area contributed by atoms with Gasteiger partial charge in [-0.3, -0.25) is 10.1 Å². The molecule has 2 amide bonds. The number of amides is 2. The Morgan fingerprint density at radius 1 is 1.25 bits per heavy atom. The maximum Gasteiger partial charge on any atom is 0.319 e. The number of hydrogen-bond donors (Lipinski definition) is 2. The fourth-order valence-corrected chi connectivity index (χ4v) is 2.20. The van der Waals surface area contributed by atoms with Crippen molar-refractivity contribution < 1.29 is 14.5 Å². The highest BCUT2D eigenvalue weighted by Crippen LogP contribution is 2.27. The lowest BCUT2D eigenvalue weighted by Gasteiger charge is -2.08. The van der Waals surface area contributed by atoms with E-state index < -0.39 is 11.0 Å². The van der Waals surface area contributed by atoms with Gasteiger partial charge in [-0.25, -0.2) is 4.79 Å². The molecule has 0 atom stereocenters. The summed E-state index contributed by atoms with van der Waals surface area (Å²) in [5.41, 5.74) is 1.10. The van der Waals surface area contributed by atoms with Crippen LogP contribution in [0.1, 0.15) is 5.56 Å². The van der Waals surface area contributed by atoms with Crippen LogP contribution in [-0.4, -0.2) is 24.6 Å². The first-order chi connectivity index (χ1) is 11.5. The van der Waals surface area contributed by atoms with Crippen molar-refractivity contribution in [1.29, 1.82) is 0 Å². The third-order valence-corrected chi connectivity index (χ3v) is 3.58. The van der Waals surface area contributed by atoms with Crippen LogP contribution in [0, 0.1) is 10.1 Å². The highest BCUT2D eigenvalue weighted by atomic mass is 35.5. The molecule has 0 saturated heterocycles. The molecule has 0 saturated carbocycles. The van der Waals surface area contributed by atoms with Crippen molar-refractivity contribution in [3.8, 4) is 5.75 Å². The molecule has 0 heterocycles. The Morgan fingerprint density at radius 3 is 2.58 bits per heavy atom. The molecule has 0 spiro atoms. The predicted octanol–water partition coefficient (Wildman–Crippen LogP) is 3.62. The van der Waals surface area contributed by atoms with E-state index in [0.717, 1.165) is 11.3 Å². The Labute approximate surface area is 143 Å². The van der Waals surface area contributed by atoms with Crippen molar-refractivity contribution in [2.75, 3.05) is 19.0 Å². The molecule has 0 aliphatic heterocycles. The quantitative estimate of drug-likeness (QED) is 0.615. The van der Waals surface area contributed by atoms with Gasteiger partial charge in [0.25, 0.3) is 5.69 Å². The number of anilines is 1. The summed E-state index contributed by atoms with van der Waals surface area (Å²) in [5.74, 6) is 0.772. The second-order valence-electron chi connectivity index (χ2n) is 4.90. The first kappa shape index (κ1) is 17.6. The van der Waals surface area contributed by atoms with Gasteiger partial charge in [-0.05, 0) is 36.2 Å². The number of benzene rings is 2. The maximum atomic E-state index is 11.8. The normalized spacial score (nSPS) is 10.1. The summed E-state index contributed by atoms with van der Waals surface area (Å²) in [6.45, 7) is 0.424. The summed E-state index contributed by atoms with van der Waals surface area (Å²) in [6.07, 6.45) is 0.651. The molecule has 8 heteroatoms. The van der Waals surface area contributed by atoms with Gasteiger partial charge >= 0.3 is 6.03 Å². The van der Waals surface area contributed by atoms with Crippen molar-refractivity contribution in [2.45, 2.75) is 6.42 Å². The summed E-state index contributed by atoms with van der Waals surface area (Å²) in [5, 5.41) is 16.1. The molecule has 126 valence electrons. The fourth-order valence-electron chi connectivity index (χ4n) is 2.02. The lowest BCUT2D eigenvalue weighted by Crippen LogP contribution is -2.30. The molecular weight excluding hydrogens is 334 g/mol. The van der Waals surface area contributed by atoms with Crippen molar-refractivity contribution in [2.24, 2.45) is 0 Å². The first-order valence-electron chi connectivity index (χ1n) is 7.11. The zero-order valence-electron chi connectivity index (χ0n) is 12.9. The van der Waals surface area contributed by atoms with Gasteiger partial charge in [0.05, 0.1) is 12.0 Å². The van der Waals surface area contributed by atoms with Crippen LogP contribution in [0.25, 0.3) is 0 Å². The molecule has 2 rings (SSSR count). The summed E-state index contributed by atoms with van der Waals surface area (Å²) in [6, 6.07) is 11.2. The molecule has 2 aromatic rings. The van der Waals surface area contributed by atoms with E-state index in [0.29, 0.717) is 18.7 Å². The molecule has 0 bridgehead atoms. The molecule has 0 radical (unpaired) electrons. The number of nitrogens with one attached hydrogen (secondary N) is 2. The van der Waals surface area contributed by atoms with Gasteiger partial charge in [-0.2, -0.15) is 0 Å². The second-order valence-corrected chi connectivity index (χ2v) is 5.31. The van der Waals surface area contributed by atoms with Crippen LogP contribution in [-0.2, 0) is 6.42 Å². The van der Waals surface area contributed by atoms with Crippen LogP contribution in [0.5, 0.6) is 5.75 Å². The summed E-state index contributed by atoms with van der Waals surface area (Å²) in [4.78, 5) is 22.0. The molecule has 7 nitrogen and oxygen atoms in total. The maximum absolute atomic E-state index is 11.8. The number of methoxy groups -OCH3 is 1. The monoisotopic (exact) mass is 349 g/mol. The number of nitrogens with zero attached hydrogens (tertiary/aromatic N) is 1. The van der Waals surface area contributed by atoms with E-state index in [-0.39, 0.29) is 10.7 Å². The van der Waals surface area contributed by atoms with Crippen molar-refractivity contribution in [3.63, 3.8) is 0 Å². The molecule has 2 N–H and O–H groups in total. The van der Waals surface area contributed by atoms with Crippen LogP contribution in [0.15, 0.2) is 42.5 Å². The van der Waals surface area contributed by atoms with E-state index >= 15 is 0 Å². The third kappa shape index (κ3) is 4.85. The number of ether oxygens (including phenoxy) is 1. The smallest absolute Gasteiger partial charge is 0.319 e. The van der Waals surface area contributed by atoms with Gasteiger partial charge < -0.3 is 15.4 Å². The number of urea groups is 1. The van der Waals surface area contributed by atoms with Crippen LogP contribution >= 0.6 is 11.6 Å². The number of carbonyl (C=O) groups excluding carboxylic acids is 1. The number of carbonyl (C=O) groups is 1. The zero-order chi connectivity index (χ0) is 17.5. The minimum atomic E-state index is -0.602. The molecule has 0 aromatic heterocycles. The van der Waals surface area contributed by atoms with E-state index in [1.165, 1.54) is 18.2 Å².